The number of aliphatic hydroxyl groups is 1. The van der Waals surface area contributed by atoms with Gasteiger partial charge in [0, 0.05) is 36.2 Å². The second-order valence-electron chi connectivity index (χ2n) is 4.40. The van der Waals surface area contributed by atoms with Gasteiger partial charge in [0.1, 0.15) is 6.04 Å². The van der Waals surface area contributed by atoms with Crippen molar-refractivity contribution in [2.24, 2.45) is 0 Å². The van der Waals surface area contributed by atoms with E-state index in [-0.39, 0.29) is 13.0 Å². The number of nitrogens with one attached hydrogen (secondary N) is 2. The molecule has 0 radical (unpaired) electrons. The largest absolute Gasteiger partial charge is 0.480 e. The molecular weight excluding hydrogens is 274 g/mol. The fourth-order valence-electron chi connectivity index (χ4n) is 1.93. The number of anilines is 1. The molecule has 1 unspecified atom stereocenters. The third-order valence-electron chi connectivity index (χ3n) is 2.95. The molecule has 0 spiro atoms. The average molecular weight is 289 g/mol. The molecule has 0 bridgehead atoms. The first-order chi connectivity index (χ1) is 10.1. The van der Waals surface area contributed by atoms with E-state index in [1.54, 1.807) is 30.6 Å². The number of amides is 2. The standard InChI is InChI=1S/C14H15N3O4/c18-7-5-12(13(19)20)17-14(21)16-11-3-1-2-9-8-15-6-4-10(9)11/h1-4,6,8,12,18H,5,7H2,(H,19,20)(H2,16,17,21). The molecule has 4 N–H and O–H groups in total. The van der Waals surface area contributed by atoms with E-state index < -0.39 is 18.0 Å². The second-order valence-corrected chi connectivity index (χ2v) is 4.40. The SMILES string of the molecule is O=C(Nc1cccc2cnccc12)NC(CCO)C(=O)O. The number of urea groups is 1. The van der Waals surface area contributed by atoms with Gasteiger partial charge >= 0.3 is 12.0 Å². The average Bonchev–Trinajstić information content (AvgIpc) is 2.47. The molecule has 0 aliphatic carbocycles. The third kappa shape index (κ3) is 3.67. The van der Waals surface area contributed by atoms with Crippen LogP contribution in [-0.2, 0) is 4.79 Å². The zero-order valence-corrected chi connectivity index (χ0v) is 11.1. The minimum Gasteiger partial charge on any atom is -0.480 e. The maximum absolute atomic E-state index is 11.9. The van der Waals surface area contributed by atoms with Gasteiger partial charge in [-0.3, -0.25) is 4.98 Å². The molecule has 2 aromatic rings. The predicted molar refractivity (Wildman–Crippen MR) is 77.0 cm³/mol. The summed E-state index contributed by atoms with van der Waals surface area (Å²) in [6, 6.07) is 5.32. The van der Waals surface area contributed by atoms with Crippen molar-refractivity contribution in [2.45, 2.75) is 12.5 Å². The Morgan fingerprint density at radius 2 is 2.10 bits per heavy atom. The summed E-state index contributed by atoms with van der Waals surface area (Å²) in [5, 5.41) is 24.3. The molecule has 0 aliphatic heterocycles. The van der Waals surface area contributed by atoms with Crippen molar-refractivity contribution in [1.29, 1.82) is 0 Å². The Morgan fingerprint density at radius 1 is 1.29 bits per heavy atom. The van der Waals surface area contributed by atoms with Crippen LogP contribution in [0.15, 0.2) is 36.7 Å². The molecule has 0 aliphatic rings. The highest BCUT2D eigenvalue weighted by Gasteiger charge is 2.19. The second kappa shape index (κ2) is 6.67. The van der Waals surface area contributed by atoms with E-state index in [1.165, 1.54) is 0 Å². The minimum atomic E-state index is -1.19. The van der Waals surface area contributed by atoms with Crippen molar-refractivity contribution in [3.05, 3.63) is 36.7 Å². The first kappa shape index (κ1) is 14.7. The first-order valence-electron chi connectivity index (χ1n) is 6.35. The van der Waals surface area contributed by atoms with E-state index in [0.717, 1.165) is 10.8 Å². The van der Waals surface area contributed by atoms with Gasteiger partial charge in [-0.2, -0.15) is 0 Å². The fourth-order valence-corrected chi connectivity index (χ4v) is 1.93. The van der Waals surface area contributed by atoms with Crippen molar-refractivity contribution >= 4 is 28.5 Å². The van der Waals surface area contributed by atoms with Crippen LogP contribution in [0.1, 0.15) is 6.42 Å². The molecule has 2 rings (SSSR count). The Labute approximate surface area is 120 Å². The number of nitrogens with zero attached hydrogens (tertiary/aromatic N) is 1. The predicted octanol–water partition coefficient (Wildman–Crippen LogP) is 1.19. The fraction of sp³-hybridized carbons (Fsp3) is 0.214. The Morgan fingerprint density at radius 3 is 2.81 bits per heavy atom. The zero-order chi connectivity index (χ0) is 15.2. The summed E-state index contributed by atoms with van der Waals surface area (Å²) in [7, 11) is 0. The smallest absolute Gasteiger partial charge is 0.326 e. The van der Waals surface area contributed by atoms with Gasteiger partial charge in [0.05, 0.1) is 5.69 Å². The topological polar surface area (TPSA) is 112 Å². The molecule has 1 heterocycles. The molecule has 0 fully saturated rings. The van der Waals surface area contributed by atoms with Gasteiger partial charge in [0.25, 0.3) is 0 Å². The van der Waals surface area contributed by atoms with Crippen LogP contribution in [0.3, 0.4) is 0 Å². The van der Waals surface area contributed by atoms with Crippen LogP contribution in [-0.4, -0.2) is 39.8 Å². The lowest BCUT2D eigenvalue weighted by molar-refractivity contribution is -0.139. The summed E-state index contributed by atoms with van der Waals surface area (Å²) in [6.07, 6.45) is 3.23. The van der Waals surface area contributed by atoms with Crippen molar-refractivity contribution < 1.29 is 19.8 Å². The number of hydrogen-bond donors (Lipinski definition) is 4. The molecule has 1 aromatic carbocycles. The van der Waals surface area contributed by atoms with E-state index in [1.807, 2.05) is 6.07 Å². The number of benzene rings is 1. The van der Waals surface area contributed by atoms with Gasteiger partial charge in [0.15, 0.2) is 0 Å². The van der Waals surface area contributed by atoms with Crippen molar-refractivity contribution in [3.8, 4) is 0 Å². The maximum atomic E-state index is 11.9. The Kier molecular flexibility index (Phi) is 4.68. The number of carbonyl (C=O) groups excluding carboxylic acids is 1. The van der Waals surface area contributed by atoms with E-state index in [9.17, 15) is 9.59 Å². The number of carbonyl (C=O) groups is 2. The number of aliphatic hydroxyl groups excluding tert-OH is 1. The van der Waals surface area contributed by atoms with Crippen molar-refractivity contribution in [2.75, 3.05) is 11.9 Å². The van der Waals surface area contributed by atoms with Crippen LogP contribution in [0, 0.1) is 0 Å². The van der Waals surface area contributed by atoms with Crippen LogP contribution in [0.25, 0.3) is 10.8 Å². The summed E-state index contributed by atoms with van der Waals surface area (Å²) in [5.41, 5.74) is 0.556. The van der Waals surface area contributed by atoms with Gasteiger partial charge in [-0.15, -0.1) is 0 Å². The van der Waals surface area contributed by atoms with E-state index in [2.05, 4.69) is 15.6 Å². The molecule has 2 amide bonds. The van der Waals surface area contributed by atoms with E-state index in [4.69, 9.17) is 10.2 Å². The third-order valence-corrected chi connectivity index (χ3v) is 2.95. The zero-order valence-electron chi connectivity index (χ0n) is 11.1. The van der Waals surface area contributed by atoms with Crippen LogP contribution in [0.4, 0.5) is 10.5 Å². The number of carboxylic acid groups (broad SMARTS) is 1. The molecule has 110 valence electrons. The number of pyridine rings is 1. The summed E-state index contributed by atoms with van der Waals surface area (Å²) in [6.45, 7) is -0.322. The number of aromatic nitrogens is 1. The highest BCUT2D eigenvalue weighted by Crippen LogP contribution is 2.21. The molecule has 7 heteroatoms. The summed E-state index contributed by atoms with van der Waals surface area (Å²) in [5.74, 6) is -1.19. The molecule has 1 atom stereocenters. The Hall–Kier alpha value is -2.67. The Balaban J connectivity index is 2.13. The summed E-state index contributed by atoms with van der Waals surface area (Å²) in [4.78, 5) is 26.8. The van der Waals surface area contributed by atoms with Crippen molar-refractivity contribution in [1.82, 2.24) is 10.3 Å². The van der Waals surface area contributed by atoms with Crippen LogP contribution < -0.4 is 10.6 Å². The minimum absolute atomic E-state index is 0.0534. The van der Waals surface area contributed by atoms with Gasteiger partial charge in [-0.05, 0) is 12.1 Å². The molecule has 0 saturated heterocycles. The monoisotopic (exact) mass is 289 g/mol. The maximum Gasteiger partial charge on any atom is 0.326 e. The van der Waals surface area contributed by atoms with Gasteiger partial charge in [-0.25, -0.2) is 9.59 Å². The van der Waals surface area contributed by atoms with E-state index >= 15 is 0 Å². The molecule has 1 aromatic heterocycles. The summed E-state index contributed by atoms with van der Waals surface area (Å²) < 4.78 is 0. The lowest BCUT2D eigenvalue weighted by Gasteiger charge is -2.14. The van der Waals surface area contributed by atoms with Crippen molar-refractivity contribution in [3.63, 3.8) is 0 Å². The Bertz CT molecular complexity index is 654. The van der Waals surface area contributed by atoms with Gasteiger partial charge in [0.2, 0.25) is 0 Å². The normalized spacial score (nSPS) is 11.9. The number of rotatable bonds is 5. The van der Waals surface area contributed by atoms with Crippen LogP contribution >= 0.6 is 0 Å². The lowest BCUT2D eigenvalue weighted by atomic mass is 10.1. The molecule has 21 heavy (non-hydrogen) atoms. The van der Waals surface area contributed by atoms with Crippen LogP contribution in [0.2, 0.25) is 0 Å². The van der Waals surface area contributed by atoms with Crippen LogP contribution in [0.5, 0.6) is 0 Å². The van der Waals surface area contributed by atoms with Gasteiger partial charge < -0.3 is 20.8 Å². The summed E-state index contributed by atoms with van der Waals surface area (Å²) >= 11 is 0. The number of carboxylic acids is 1. The van der Waals surface area contributed by atoms with E-state index in [0.29, 0.717) is 5.69 Å². The number of hydrogen-bond acceptors (Lipinski definition) is 4. The number of aliphatic carboxylic acids is 1. The number of fused-ring (bicyclic) bond motifs is 1. The van der Waals surface area contributed by atoms with Gasteiger partial charge in [-0.1, -0.05) is 12.1 Å². The molecule has 7 nitrogen and oxygen atoms in total. The first-order valence-corrected chi connectivity index (χ1v) is 6.35. The quantitative estimate of drug-likeness (QED) is 0.660. The molecule has 0 saturated carbocycles. The highest BCUT2D eigenvalue weighted by molar-refractivity contribution is 6.01. The molecular formula is C14H15N3O4. The lowest BCUT2D eigenvalue weighted by Crippen LogP contribution is -2.43. The highest BCUT2D eigenvalue weighted by atomic mass is 16.4.